The molecule has 0 unspecified atom stereocenters. The van der Waals surface area contributed by atoms with Crippen molar-refractivity contribution in [2.75, 3.05) is 44.2 Å². The number of imidazole rings is 1. The molecule has 5 fully saturated rings. The van der Waals surface area contributed by atoms with Crippen LogP contribution in [0.5, 0.6) is 0 Å². The summed E-state index contributed by atoms with van der Waals surface area (Å²) in [4.78, 5) is 27.5. The molecule has 0 atom stereocenters. The van der Waals surface area contributed by atoms with E-state index in [1.54, 1.807) is 0 Å². The van der Waals surface area contributed by atoms with Crippen molar-refractivity contribution in [3.05, 3.63) is 36.5 Å². The Morgan fingerprint density at radius 2 is 1.65 bits per heavy atom. The van der Waals surface area contributed by atoms with Gasteiger partial charge in [-0.25, -0.2) is 4.98 Å². The summed E-state index contributed by atoms with van der Waals surface area (Å²) in [5.41, 5.74) is 2.04. The van der Waals surface area contributed by atoms with Crippen LogP contribution in [0.3, 0.4) is 0 Å². The molecule has 0 radical (unpaired) electrons. The average Bonchev–Trinajstić information content (AvgIpc) is 3.21. The van der Waals surface area contributed by atoms with Crippen LogP contribution < -0.4 is 10.2 Å². The van der Waals surface area contributed by atoms with E-state index >= 15 is 0 Å². The standard InChI is InChI=1S/C27H34N6O/c34-25(27-16-19-13-20(17-27)15-21(14-19)18-27)28-6-8-31-9-11-32(12-10-31)24-5-7-33-23-4-2-1-3-22(23)29-26(33)30-24/h1-5,7,19-21H,6,8-18H2,(H,28,34). The number of aromatic nitrogens is 3. The van der Waals surface area contributed by atoms with Gasteiger partial charge in [0.15, 0.2) is 0 Å². The predicted molar refractivity (Wildman–Crippen MR) is 133 cm³/mol. The summed E-state index contributed by atoms with van der Waals surface area (Å²) >= 11 is 0. The van der Waals surface area contributed by atoms with Crippen LogP contribution in [-0.2, 0) is 4.79 Å². The maximum atomic E-state index is 13.2. The number of amides is 1. The molecule has 2 aromatic heterocycles. The second-order valence-electron chi connectivity index (χ2n) is 11.3. The highest BCUT2D eigenvalue weighted by Gasteiger charge is 2.54. The van der Waals surface area contributed by atoms with E-state index in [2.05, 4.69) is 42.8 Å². The Kier molecular flexibility index (Phi) is 4.83. The topological polar surface area (TPSA) is 65.8 Å². The molecule has 178 valence electrons. The largest absolute Gasteiger partial charge is 0.354 e. The zero-order valence-electron chi connectivity index (χ0n) is 19.8. The first kappa shape index (κ1) is 20.7. The van der Waals surface area contributed by atoms with Crippen molar-refractivity contribution >= 4 is 28.5 Å². The first-order valence-electron chi connectivity index (χ1n) is 13.1. The number of carbonyl (C=O) groups excluding carboxylic acids is 1. The summed E-state index contributed by atoms with van der Waals surface area (Å²) in [5, 5.41) is 3.35. The molecule has 1 N–H and O–H groups in total. The first-order valence-corrected chi connectivity index (χ1v) is 13.1. The Labute approximate surface area is 200 Å². The number of para-hydroxylation sites is 2. The van der Waals surface area contributed by atoms with Crippen molar-refractivity contribution in [3.8, 4) is 0 Å². The van der Waals surface area contributed by atoms with E-state index in [9.17, 15) is 4.79 Å². The number of rotatable bonds is 5. The Morgan fingerprint density at radius 1 is 0.941 bits per heavy atom. The van der Waals surface area contributed by atoms with E-state index < -0.39 is 0 Å². The minimum absolute atomic E-state index is 0.0323. The number of piperazine rings is 1. The SMILES string of the molecule is O=C(NCCN1CCN(c2ccn3c(n2)nc2ccccc23)CC1)C12CC3CC(CC(C3)C1)C2. The first-order chi connectivity index (χ1) is 16.6. The van der Waals surface area contributed by atoms with E-state index in [1.807, 2.05) is 18.2 Å². The van der Waals surface area contributed by atoms with Crippen molar-refractivity contribution in [1.29, 1.82) is 0 Å². The van der Waals surface area contributed by atoms with E-state index in [4.69, 9.17) is 4.98 Å². The molecule has 4 aliphatic carbocycles. The minimum atomic E-state index is -0.0323. The third-order valence-electron chi connectivity index (χ3n) is 9.09. The number of benzene rings is 1. The van der Waals surface area contributed by atoms with Crippen LogP contribution >= 0.6 is 0 Å². The minimum Gasteiger partial charge on any atom is -0.354 e. The summed E-state index contributed by atoms with van der Waals surface area (Å²) in [5.74, 6) is 4.57. The molecule has 7 heteroatoms. The van der Waals surface area contributed by atoms with Gasteiger partial charge in [-0.15, -0.1) is 0 Å². The van der Waals surface area contributed by atoms with Crippen molar-refractivity contribution in [2.24, 2.45) is 23.2 Å². The van der Waals surface area contributed by atoms with Gasteiger partial charge in [-0.3, -0.25) is 14.1 Å². The zero-order chi connectivity index (χ0) is 22.7. The van der Waals surface area contributed by atoms with Crippen LogP contribution in [0, 0.1) is 23.2 Å². The Morgan fingerprint density at radius 3 is 2.38 bits per heavy atom. The maximum Gasteiger partial charge on any atom is 0.236 e. The highest BCUT2D eigenvalue weighted by atomic mass is 16.2. The fourth-order valence-electron chi connectivity index (χ4n) is 7.82. The third kappa shape index (κ3) is 3.47. The monoisotopic (exact) mass is 458 g/mol. The van der Waals surface area contributed by atoms with Crippen molar-refractivity contribution in [1.82, 2.24) is 24.6 Å². The predicted octanol–water partition coefficient (Wildman–Crippen LogP) is 3.34. The Bertz CT molecular complexity index is 1190. The molecular weight excluding hydrogens is 424 g/mol. The molecular formula is C27H34N6O. The van der Waals surface area contributed by atoms with Crippen LogP contribution in [-0.4, -0.2) is 64.4 Å². The Hall–Kier alpha value is -2.67. The quantitative estimate of drug-likeness (QED) is 0.635. The summed E-state index contributed by atoms with van der Waals surface area (Å²) in [7, 11) is 0. The molecule has 34 heavy (non-hydrogen) atoms. The van der Waals surface area contributed by atoms with Gasteiger partial charge in [0.2, 0.25) is 11.7 Å². The number of hydrogen-bond donors (Lipinski definition) is 1. The van der Waals surface area contributed by atoms with E-state index in [-0.39, 0.29) is 5.41 Å². The average molecular weight is 459 g/mol. The summed E-state index contributed by atoms with van der Waals surface area (Å²) in [6.45, 7) is 5.60. The lowest BCUT2D eigenvalue weighted by molar-refractivity contribution is -0.146. The van der Waals surface area contributed by atoms with Gasteiger partial charge in [0, 0.05) is 50.9 Å². The maximum absolute atomic E-state index is 13.2. The fourth-order valence-corrected chi connectivity index (χ4v) is 7.82. The van der Waals surface area contributed by atoms with E-state index in [0.717, 1.165) is 98.9 Å². The van der Waals surface area contributed by atoms with E-state index in [0.29, 0.717) is 5.91 Å². The van der Waals surface area contributed by atoms with Crippen molar-refractivity contribution < 1.29 is 4.79 Å². The number of fused-ring (bicyclic) bond motifs is 3. The van der Waals surface area contributed by atoms with E-state index in [1.165, 1.54) is 19.3 Å². The number of anilines is 1. The molecule has 7 nitrogen and oxygen atoms in total. The molecule has 4 bridgehead atoms. The number of carbonyl (C=O) groups is 1. The molecule has 8 rings (SSSR count). The van der Waals surface area contributed by atoms with Crippen LogP contribution in [0.25, 0.3) is 16.8 Å². The summed E-state index contributed by atoms with van der Waals surface area (Å²) < 4.78 is 2.06. The smallest absolute Gasteiger partial charge is 0.236 e. The van der Waals surface area contributed by atoms with Crippen LogP contribution in [0.4, 0.5) is 5.82 Å². The second kappa shape index (κ2) is 7.94. The molecule has 1 saturated heterocycles. The molecule has 1 aromatic carbocycles. The summed E-state index contributed by atoms with van der Waals surface area (Å²) in [6, 6.07) is 10.3. The van der Waals surface area contributed by atoms with Crippen molar-refractivity contribution in [2.45, 2.75) is 38.5 Å². The van der Waals surface area contributed by atoms with Gasteiger partial charge in [0.05, 0.1) is 11.0 Å². The van der Waals surface area contributed by atoms with Crippen LogP contribution in [0.15, 0.2) is 36.5 Å². The molecule has 4 saturated carbocycles. The molecule has 3 aromatic rings. The van der Waals surface area contributed by atoms with Gasteiger partial charge >= 0.3 is 0 Å². The molecule has 1 aliphatic heterocycles. The normalized spacial score (nSPS) is 30.9. The van der Waals surface area contributed by atoms with Gasteiger partial charge in [-0.05, 0) is 74.5 Å². The number of hydrogen-bond acceptors (Lipinski definition) is 5. The number of nitrogens with zero attached hydrogens (tertiary/aromatic N) is 5. The zero-order valence-corrected chi connectivity index (χ0v) is 19.8. The molecule has 3 heterocycles. The fraction of sp³-hybridized carbons (Fsp3) is 0.593. The van der Waals surface area contributed by atoms with Gasteiger partial charge in [-0.1, -0.05) is 12.1 Å². The van der Waals surface area contributed by atoms with Gasteiger partial charge in [0.1, 0.15) is 5.82 Å². The summed E-state index contributed by atoms with van der Waals surface area (Å²) in [6.07, 6.45) is 9.67. The van der Waals surface area contributed by atoms with Gasteiger partial charge in [0.25, 0.3) is 0 Å². The highest BCUT2D eigenvalue weighted by molar-refractivity contribution is 5.83. The lowest BCUT2D eigenvalue weighted by Crippen LogP contribution is -2.54. The van der Waals surface area contributed by atoms with Crippen LogP contribution in [0.1, 0.15) is 38.5 Å². The van der Waals surface area contributed by atoms with Crippen LogP contribution in [0.2, 0.25) is 0 Å². The molecule has 1 amide bonds. The highest BCUT2D eigenvalue weighted by Crippen LogP contribution is 2.60. The Balaban J connectivity index is 0.931. The second-order valence-corrected chi connectivity index (χ2v) is 11.3. The van der Waals surface area contributed by atoms with Gasteiger partial charge in [-0.2, -0.15) is 4.98 Å². The number of nitrogens with one attached hydrogen (secondary N) is 1. The van der Waals surface area contributed by atoms with Gasteiger partial charge < -0.3 is 10.2 Å². The molecule has 5 aliphatic rings. The molecule has 0 spiro atoms. The third-order valence-corrected chi connectivity index (χ3v) is 9.09. The van der Waals surface area contributed by atoms with Crippen molar-refractivity contribution in [3.63, 3.8) is 0 Å². The lowest BCUT2D eigenvalue weighted by Gasteiger charge is -2.55. The lowest BCUT2D eigenvalue weighted by atomic mass is 9.49.